The maximum absolute atomic E-state index is 5.06. The van der Waals surface area contributed by atoms with E-state index < -0.39 is 0 Å². The van der Waals surface area contributed by atoms with Gasteiger partial charge in [0.2, 0.25) is 0 Å². The standard InChI is InChI=1S/C10H9N3O/c1-14-10-9(11-7-12-13-10)8-5-3-2-4-6-8/h2-7H,1H3. The molecule has 14 heavy (non-hydrogen) atoms. The highest BCUT2D eigenvalue weighted by atomic mass is 16.5. The second kappa shape index (κ2) is 3.83. The van der Waals surface area contributed by atoms with E-state index in [0.717, 1.165) is 5.56 Å². The van der Waals surface area contributed by atoms with Gasteiger partial charge < -0.3 is 4.74 Å². The smallest absolute Gasteiger partial charge is 0.260 e. The summed E-state index contributed by atoms with van der Waals surface area (Å²) in [5.74, 6) is 0.443. The van der Waals surface area contributed by atoms with Gasteiger partial charge in [-0.3, -0.25) is 0 Å². The fourth-order valence-corrected chi connectivity index (χ4v) is 1.20. The largest absolute Gasteiger partial charge is 0.478 e. The average molecular weight is 187 g/mol. The van der Waals surface area contributed by atoms with Gasteiger partial charge in [-0.05, 0) is 0 Å². The lowest BCUT2D eigenvalue weighted by molar-refractivity contribution is 0.391. The fraction of sp³-hybridized carbons (Fsp3) is 0.100. The van der Waals surface area contributed by atoms with Gasteiger partial charge in [-0.15, -0.1) is 10.2 Å². The molecule has 1 heterocycles. The third kappa shape index (κ3) is 1.54. The number of ether oxygens (including phenoxy) is 1. The lowest BCUT2D eigenvalue weighted by atomic mass is 10.2. The van der Waals surface area contributed by atoms with E-state index in [-0.39, 0.29) is 0 Å². The van der Waals surface area contributed by atoms with Crippen LogP contribution in [0, 0.1) is 0 Å². The van der Waals surface area contributed by atoms with Crippen LogP contribution in [-0.2, 0) is 0 Å². The van der Waals surface area contributed by atoms with Crippen molar-refractivity contribution < 1.29 is 4.74 Å². The number of nitrogens with zero attached hydrogens (tertiary/aromatic N) is 3. The van der Waals surface area contributed by atoms with Crippen molar-refractivity contribution in [2.45, 2.75) is 0 Å². The minimum absolute atomic E-state index is 0.443. The van der Waals surface area contributed by atoms with Crippen LogP contribution in [0.25, 0.3) is 11.3 Å². The van der Waals surface area contributed by atoms with Crippen molar-refractivity contribution >= 4 is 0 Å². The van der Waals surface area contributed by atoms with E-state index in [4.69, 9.17) is 4.74 Å². The lowest BCUT2D eigenvalue weighted by Crippen LogP contribution is -1.95. The van der Waals surface area contributed by atoms with Gasteiger partial charge >= 0.3 is 0 Å². The van der Waals surface area contributed by atoms with Crippen LogP contribution in [0.15, 0.2) is 36.7 Å². The molecule has 0 radical (unpaired) electrons. The van der Waals surface area contributed by atoms with Crippen LogP contribution in [0.5, 0.6) is 5.88 Å². The molecule has 4 nitrogen and oxygen atoms in total. The van der Waals surface area contributed by atoms with Crippen molar-refractivity contribution in [3.63, 3.8) is 0 Å². The van der Waals surface area contributed by atoms with Gasteiger partial charge in [0.15, 0.2) is 0 Å². The first-order chi connectivity index (χ1) is 6.92. The molecule has 0 atom stereocenters. The van der Waals surface area contributed by atoms with Crippen LogP contribution in [0.2, 0.25) is 0 Å². The van der Waals surface area contributed by atoms with Gasteiger partial charge in [-0.1, -0.05) is 30.3 Å². The van der Waals surface area contributed by atoms with Crippen LogP contribution < -0.4 is 4.74 Å². The maximum atomic E-state index is 5.06. The Bertz CT molecular complexity index is 417. The van der Waals surface area contributed by atoms with E-state index in [1.807, 2.05) is 30.3 Å². The summed E-state index contributed by atoms with van der Waals surface area (Å²) in [5, 5.41) is 7.49. The van der Waals surface area contributed by atoms with Gasteiger partial charge in [0.25, 0.3) is 5.88 Å². The molecule has 0 bridgehead atoms. The van der Waals surface area contributed by atoms with E-state index in [2.05, 4.69) is 15.2 Å². The summed E-state index contributed by atoms with van der Waals surface area (Å²) in [5.41, 5.74) is 1.68. The maximum Gasteiger partial charge on any atom is 0.260 e. The van der Waals surface area contributed by atoms with E-state index in [1.165, 1.54) is 6.33 Å². The number of hydrogen-bond acceptors (Lipinski definition) is 4. The van der Waals surface area contributed by atoms with E-state index in [1.54, 1.807) is 7.11 Å². The van der Waals surface area contributed by atoms with E-state index >= 15 is 0 Å². The van der Waals surface area contributed by atoms with Crippen LogP contribution in [-0.4, -0.2) is 22.3 Å². The number of methoxy groups -OCH3 is 1. The molecule has 0 N–H and O–H groups in total. The zero-order valence-corrected chi connectivity index (χ0v) is 7.71. The highest BCUT2D eigenvalue weighted by Gasteiger charge is 2.07. The fourth-order valence-electron chi connectivity index (χ4n) is 1.20. The summed E-state index contributed by atoms with van der Waals surface area (Å²) in [6.45, 7) is 0. The van der Waals surface area contributed by atoms with Crippen molar-refractivity contribution in [3.05, 3.63) is 36.7 Å². The van der Waals surface area contributed by atoms with Crippen molar-refractivity contribution in [1.82, 2.24) is 15.2 Å². The first-order valence-electron chi connectivity index (χ1n) is 4.19. The molecule has 4 heteroatoms. The number of benzene rings is 1. The molecule has 0 saturated heterocycles. The Morgan fingerprint density at radius 2 is 1.93 bits per heavy atom. The van der Waals surface area contributed by atoms with Crippen molar-refractivity contribution in [3.8, 4) is 17.1 Å². The molecule has 0 aliphatic rings. The monoisotopic (exact) mass is 187 g/mol. The third-order valence-corrected chi connectivity index (χ3v) is 1.83. The summed E-state index contributed by atoms with van der Waals surface area (Å²) in [7, 11) is 1.55. The van der Waals surface area contributed by atoms with Crippen molar-refractivity contribution in [2.75, 3.05) is 7.11 Å². The zero-order chi connectivity index (χ0) is 9.80. The molecule has 0 unspecified atom stereocenters. The third-order valence-electron chi connectivity index (χ3n) is 1.83. The average Bonchev–Trinajstić information content (AvgIpc) is 2.30. The van der Waals surface area contributed by atoms with Crippen LogP contribution in [0.4, 0.5) is 0 Å². The molecule has 0 aliphatic carbocycles. The zero-order valence-electron chi connectivity index (χ0n) is 7.71. The van der Waals surface area contributed by atoms with Crippen molar-refractivity contribution in [1.29, 1.82) is 0 Å². The summed E-state index contributed by atoms with van der Waals surface area (Å²) in [4.78, 5) is 4.12. The SMILES string of the molecule is COc1nncnc1-c1ccccc1. The minimum Gasteiger partial charge on any atom is -0.478 e. The lowest BCUT2D eigenvalue weighted by Gasteiger charge is -2.03. The second-order valence-electron chi connectivity index (χ2n) is 2.68. The molecule has 0 aliphatic heterocycles. The number of hydrogen-bond donors (Lipinski definition) is 0. The molecule has 2 rings (SSSR count). The summed E-state index contributed by atoms with van der Waals surface area (Å²) in [6, 6.07) is 9.73. The Hall–Kier alpha value is -1.97. The summed E-state index contributed by atoms with van der Waals surface area (Å²) >= 11 is 0. The number of aromatic nitrogens is 3. The second-order valence-corrected chi connectivity index (χ2v) is 2.68. The molecule has 0 amide bonds. The Kier molecular flexibility index (Phi) is 2.36. The highest BCUT2D eigenvalue weighted by molar-refractivity contribution is 5.63. The first-order valence-corrected chi connectivity index (χ1v) is 4.19. The Morgan fingerprint density at radius 3 is 2.64 bits per heavy atom. The van der Waals surface area contributed by atoms with Crippen molar-refractivity contribution in [2.24, 2.45) is 0 Å². The van der Waals surface area contributed by atoms with E-state index in [0.29, 0.717) is 11.6 Å². The molecular formula is C10H9N3O. The topological polar surface area (TPSA) is 47.9 Å². The van der Waals surface area contributed by atoms with Crippen LogP contribution in [0.3, 0.4) is 0 Å². The van der Waals surface area contributed by atoms with Crippen LogP contribution >= 0.6 is 0 Å². The van der Waals surface area contributed by atoms with Gasteiger partial charge in [0.1, 0.15) is 12.0 Å². The molecular weight excluding hydrogens is 178 g/mol. The highest BCUT2D eigenvalue weighted by Crippen LogP contribution is 2.23. The summed E-state index contributed by atoms with van der Waals surface area (Å²) < 4.78 is 5.06. The molecule has 1 aromatic heterocycles. The predicted octanol–water partition coefficient (Wildman–Crippen LogP) is 1.55. The molecule has 0 spiro atoms. The van der Waals surface area contributed by atoms with Crippen LogP contribution in [0.1, 0.15) is 0 Å². The van der Waals surface area contributed by atoms with Gasteiger partial charge in [-0.2, -0.15) is 0 Å². The minimum atomic E-state index is 0.443. The van der Waals surface area contributed by atoms with Gasteiger partial charge in [0.05, 0.1) is 7.11 Å². The molecule has 1 aromatic carbocycles. The predicted molar refractivity (Wildman–Crippen MR) is 51.8 cm³/mol. The first kappa shape index (κ1) is 8.62. The van der Waals surface area contributed by atoms with E-state index in [9.17, 15) is 0 Å². The van der Waals surface area contributed by atoms with Gasteiger partial charge in [0, 0.05) is 5.56 Å². The Morgan fingerprint density at radius 1 is 1.14 bits per heavy atom. The molecule has 0 fully saturated rings. The Labute approximate surface area is 81.6 Å². The molecule has 2 aromatic rings. The Balaban J connectivity index is 2.51. The number of rotatable bonds is 2. The summed E-state index contributed by atoms with van der Waals surface area (Å²) in [6.07, 6.45) is 1.41. The normalized spacial score (nSPS) is 9.79. The molecule has 70 valence electrons. The van der Waals surface area contributed by atoms with Gasteiger partial charge in [-0.25, -0.2) is 4.98 Å². The molecule has 0 saturated carbocycles. The quantitative estimate of drug-likeness (QED) is 0.715.